The van der Waals surface area contributed by atoms with Crippen LogP contribution in [0.3, 0.4) is 0 Å². The minimum atomic E-state index is -0.489. The Morgan fingerprint density at radius 3 is 2.94 bits per heavy atom. The lowest BCUT2D eigenvalue weighted by Crippen LogP contribution is -2.13. The van der Waals surface area contributed by atoms with E-state index in [1.165, 1.54) is 6.07 Å². The number of nitrogens with zero attached hydrogens (tertiary/aromatic N) is 3. The van der Waals surface area contributed by atoms with E-state index in [1.807, 2.05) is 0 Å². The van der Waals surface area contributed by atoms with Crippen LogP contribution in [0, 0.1) is 6.92 Å². The Kier molecular flexibility index (Phi) is 2.50. The lowest BCUT2D eigenvalue weighted by atomic mass is 10.2. The van der Waals surface area contributed by atoms with Gasteiger partial charge in [0.1, 0.15) is 5.75 Å². The lowest BCUT2D eigenvalue weighted by molar-refractivity contribution is 0.101. The average molecular weight is 219 g/mol. The topological polar surface area (TPSA) is 104 Å². The van der Waals surface area contributed by atoms with Gasteiger partial charge in [-0.25, -0.2) is 0 Å². The zero-order valence-electron chi connectivity index (χ0n) is 8.43. The van der Waals surface area contributed by atoms with Gasteiger partial charge in [0.2, 0.25) is 0 Å². The summed E-state index contributed by atoms with van der Waals surface area (Å²) in [5, 5.41) is 24.5. The number of aromatic hydroxyl groups is 1. The van der Waals surface area contributed by atoms with Crippen molar-refractivity contribution in [3.8, 4) is 5.75 Å². The summed E-state index contributed by atoms with van der Waals surface area (Å²) in [6.45, 7) is 1.76. The number of hydrogen-bond acceptors (Lipinski definition) is 5. The quantitative estimate of drug-likeness (QED) is 0.680. The minimum Gasteiger partial charge on any atom is -0.508 e. The number of phenols is 1. The molecule has 0 fully saturated rings. The number of aryl methyl sites for hydroxylation is 1. The van der Waals surface area contributed by atoms with Crippen LogP contribution in [0.2, 0.25) is 0 Å². The number of tetrazole rings is 1. The number of amides is 1. The molecule has 0 spiro atoms. The monoisotopic (exact) mass is 219 g/mol. The summed E-state index contributed by atoms with van der Waals surface area (Å²) in [4.78, 5) is 11.5. The highest BCUT2D eigenvalue weighted by atomic mass is 16.3. The molecule has 1 amide bonds. The number of phenolic OH excluding ortho intramolecular Hbond substituents is 1. The van der Waals surface area contributed by atoms with Gasteiger partial charge in [0, 0.05) is 11.8 Å². The molecular weight excluding hydrogens is 210 g/mol. The second kappa shape index (κ2) is 3.97. The van der Waals surface area contributed by atoms with Gasteiger partial charge in [0.25, 0.3) is 11.7 Å². The van der Waals surface area contributed by atoms with Crippen LogP contribution < -0.4 is 5.32 Å². The molecule has 16 heavy (non-hydrogen) atoms. The number of aromatic amines is 1. The summed E-state index contributed by atoms with van der Waals surface area (Å²) in [5.41, 5.74) is 1.20. The molecule has 1 heterocycles. The average Bonchev–Trinajstić information content (AvgIpc) is 2.77. The first-order valence-electron chi connectivity index (χ1n) is 4.51. The third-order valence-electron chi connectivity index (χ3n) is 2.02. The molecule has 0 saturated carbocycles. The van der Waals surface area contributed by atoms with Crippen LogP contribution in [-0.2, 0) is 0 Å². The molecule has 82 valence electrons. The van der Waals surface area contributed by atoms with E-state index >= 15 is 0 Å². The van der Waals surface area contributed by atoms with Crippen molar-refractivity contribution in [2.24, 2.45) is 0 Å². The van der Waals surface area contributed by atoms with E-state index in [0.29, 0.717) is 5.69 Å². The van der Waals surface area contributed by atoms with Crippen LogP contribution >= 0.6 is 0 Å². The van der Waals surface area contributed by atoms with Gasteiger partial charge in [-0.3, -0.25) is 4.79 Å². The first-order chi connectivity index (χ1) is 7.66. The summed E-state index contributed by atoms with van der Waals surface area (Å²) in [6, 6.07) is 4.82. The molecule has 2 rings (SSSR count). The minimum absolute atomic E-state index is 0.0555. The van der Waals surface area contributed by atoms with Crippen molar-refractivity contribution in [1.82, 2.24) is 20.6 Å². The zero-order valence-corrected chi connectivity index (χ0v) is 8.43. The molecule has 7 nitrogen and oxygen atoms in total. The third-order valence-corrected chi connectivity index (χ3v) is 2.02. The fourth-order valence-corrected chi connectivity index (χ4v) is 1.13. The maximum Gasteiger partial charge on any atom is 0.297 e. The zero-order chi connectivity index (χ0) is 11.5. The van der Waals surface area contributed by atoms with E-state index in [0.717, 1.165) is 5.56 Å². The molecule has 1 aromatic heterocycles. The number of carbonyl (C=O) groups excluding carboxylic acids is 1. The fourth-order valence-electron chi connectivity index (χ4n) is 1.13. The largest absolute Gasteiger partial charge is 0.508 e. The fraction of sp³-hybridized carbons (Fsp3) is 0.111. The second-order valence-corrected chi connectivity index (χ2v) is 3.19. The van der Waals surface area contributed by atoms with Crippen molar-refractivity contribution >= 4 is 11.6 Å². The van der Waals surface area contributed by atoms with E-state index in [1.54, 1.807) is 19.1 Å². The maximum absolute atomic E-state index is 11.5. The SMILES string of the molecule is Cc1ccc(NC(=O)c2nn[nH]n2)cc1O. The van der Waals surface area contributed by atoms with Crippen molar-refractivity contribution in [2.75, 3.05) is 5.32 Å². The van der Waals surface area contributed by atoms with Crippen molar-refractivity contribution in [3.63, 3.8) is 0 Å². The molecule has 0 atom stereocenters. The van der Waals surface area contributed by atoms with Gasteiger partial charge in [0.05, 0.1) is 0 Å². The van der Waals surface area contributed by atoms with E-state index in [9.17, 15) is 9.90 Å². The third kappa shape index (κ3) is 1.97. The molecule has 0 radical (unpaired) electrons. The molecule has 2 aromatic rings. The van der Waals surface area contributed by atoms with Crippen LogP contribution in [0.4, 0.5) is 5.69 Å². The molecule has 0 aliphatic rings. The van der Waals surface area contributed by atoms with Crippen molar-refractivity contribution in [1.29, 1.82) is 0 Å². The van der Waals surface area contributed by atoms with Gasteiger partial charge in [-0.1, -0.05) is 6.07 Å². The summed E-state index contributed by atoms with van der Waals surface area (Å²) >= 11 is 0. The maximum atomic E-state index is 11.5. The summed E-state index contributed by atoms with van der Waals surface area (Å²) < 4.78 is 0. The molecule has 3 N–H and O–H groups in total. The normalized spacial score (nSPS) is 10.1. The number of nitrogens with one attached hydrogen (secondary N) is 2. The van der Waals surface area contributed by atoms with Gasteiger partial charge in [-0.2, -0.15) is 5.21 Å². The summed E-state index contributed by atoms with van der Waals surface area (Å²) in [7, 11) is 0. The molecule has 0 aliphatic carbocycles. The van der Waals surface area contributed by atoms with E-state index in [2.05, 4.69) is 25.9 Å². The number of carbonyl (C=O) groups is 1. The van der Waals surface area contributed by atoms with Gasteiger partial charge in [0.15, 0.2) is 0 Å². The van der Waals surface area contributed by atoms with Gasteiger partial charge in [-0.15, -0.1) is 10.2 Å². The molecule has 0 saturated heterocycles. The van der Waals surface area contributed by atoms with Gasteiger partial charge < -0.3 is 10.4 Å². The Labute approximate surface area is 90.5 Å². The van der Waals surface area contributed by atoms with E-state index in [4.69, 9.17) is 0 Å². The highest BCUT2D eigenvalue weighted by Gasteiger charge is 2.11. The Hall–Kier alpha value is -2.44. The molecule has 0 aliphatic heterocycles. The number of aromatic nitrogens is 4. The number of rotatable bonds is 2. The molecule has 1 aromatic carbocycles. The Bertz CT molecular complexity index is 509. The van der Waals surface area contributed by atoms with Crippen LogP contribution in [0.5, 0.6) is 5.75 Å². The summed E-state index contributed by atoms with van der Waals surface area (Å²) in [5.74, 6) is -0.428. The lowest BCUT2D eigenvalue weighted by Gasteiger charge is -2.04. The van der Waals surface area contributed by atoms with E-state index < -0.39 is 5.91 Å². The van der Waals surface area contributed by atoms with Crippen LogP contribution in [0.15, 0.2) is 18.2 Å². The van der Waals surface area contributed by atoms with Crippen molar-refractivity contribution in [2.45, 2.75) is 6.92 Å². The Morgan fingerprint density at radius 1 is 1.50 bits per heavy atom. The van der Waals surface area contributed by atoms with Crippen molar-refractivity contribution in [3.05, 3.63) is 29.6 Å². The smallest absolute Gasteiger partial charge is 0.297 e. The predicted molar refractivity (Wildman–Crippen MR) is 55.0 cm³/mol. The number of hydrogen-bond donors (Lipinski definition) is 3. The standard InChI is InChI=1S/C9H9N5O2/c1-5-2-3-6(4-7(5)15)10-9(16)8-11-13-14-12-8/h2-4,15H,1H3,(H,10,16)(H,11,12,13,14). The Morgan fingerprint density at radius 2 is 2.31 bits per heavy atom. The number of anilines is 1. The van der Waals surface area contributed by atoms with Gasteiger partial charge >= 0.3 is 0 Å². The van der Waals surface area contributed by atoms with Crippen LogP contribution in [0.25, 0.3) is 0 Å². The van der Waals surface area contributed by atoms with Crippen LogP contribution in [-0.4, -0.2) is 31.6 Å². The predicted octanol–water partition coefficient (Wildman–Crippen LogP) is 0.466. The summed E-state index contributed by atoms with van der Waals surface area (Å²) in [6.07, 6.45) is 0. The second-order valence-electron chi connectivity index (χ2n) is 3.19. The molecular formula is C9H9N5O2. The van der Waals surface area contributed by atoms with E-state index in [-0.39, 0.29) is 11.6 Å². The molecule has 0 bridgehead atoms. The highest BCUT2D eigenvalue weighted by Crippen LogP contribution is 2.20. The van der Waals surface area contributed by atoms with Crippen molar-refractivity contribution < 1.29 is 9.90 Å². The Balaban J connectivity index is 2.15. The van der Waals surface area contributed by atoms with Crippen LogP contribution in [0.1, 0.15) is 16.2 Å². The first kappa shape index (κ1) is 10.1. The highest BCUT2D eigenvalue weighted by molar-refractivity contribution is 6.01. The van der Waals surface area contributed by atoms with Gasteiger partial charge in [-0.05, 0) is 23.8 Å². The number of benzene rings is 1. The molecule has 7 heteroatoms. The first-order valence-corrected chi connectivity index (χ1v) is 4.51. The molecule has 0 unspecified atom stereocenters. The number of H-pyrrole nitrogens is 1.